The largest absolute Gasteiger partial charge is 0.379 e. The van der Waals surface area contributed by atoms with Gasteiger partial charge in [-0.1, -0.05) is 13.3 Å². The number of hydrogen-bond donors (Lipinski definition) is 1. The quantitative estimate of drug-likeness (QED) is 0.816. The van der Waals surface area contributed by atoms with Gasteiger partial charge in [0.05, 0.1) is 13.2 Å². The summed E-state index contributed by atoms with van der Waals surface area (Å²) < 4.78 is 7.68. The summed E-state index contributed by atoms with van der Waals surface area (Å²) in [7, 11) is 2.05. The van der Waals surface area contributed by atoms with Gasteiger partial charge in [-0.2, -0.15) is 0 Å². The average Bonchev–Trinajstić information content (AvgIpc) is 2.92. The van der Waals surface area contributed by atoms with E-state index >= 15 is 0 Å². The highest BCUT2D eigenvalue weighted by atomic mass is 16.5. The monoisotopic (exact) mass is 265 g/mol. The third kappa shape index (κ3) is 4.34. The summed E-state index contributed by atoms with van der Waals surface area (Å²) in [6.07, 6.45) is 6.90. The fourth-order valence-corrected chi connectivity index (χ4v) is 2.65. The van der Waals surface area contributed by atoms with Gasteiger partial charge in [0, 0.05) is 44.6 Å². The first kappa shape index (κ1) is 14.6. The van der Waals surface area contributed by atoms with E-state index in [1.165, 1.54) is 18.4 Å². The minimum Gasteiger partial charge on any atom is -0.379 e. The molecule has 4 heteroatoms. The summed E-state index contributed by atoms with van der Waals surface area (Å²) in [5.74, 6) is 0. The molecule has 0 amide bonds. The minimum atomic E-state index is 0.495. The van der Waals surface area contributed by atoms with Crippen molar-refractivity contribution in [3.63, 3.8) is 0 Å². The Hall–Kier alpha value is -0.840. The lowest BCUT2D eigenvalue weighted by Gasteiger charge is -2.26. The topological polar surface area (TPSA) is 29.4 Å². The van der Waals surface area contributed by atoms with Crippen molar-refractivity contribution in [3.8, 4) is 0 Å². The normalized spacial score (nSPS) is 18.6. The van der Waals surface area contributed by atoms with Crippen molar-refractivity contribution in [2.24, 2.45) is 0 Å². The molecule has 1 unspecified atom stereocenters. The lowest BCUT2D eigenvalue weighted by molar-refractivity contribution is 0.0364. The lowest BCUT2D eigenvalue weighted by Crippen LogP contribution is -2.38. The predicted octanol–water partition coefficient (Wildman–Crippen LogP) is 1.88. The van der Waals surface area contributed by atoms with Crippen LogP contribution in [0.3, 0.4) is 0 Å². The van der Waals surface area contributed by atoms with Gasteiger partial charge < -0.3 is 14.6 Å². The molecule has 0 saturated carbocycles. The van der Waals surface area contributed by atoms with Gasteiger partial charge in [0.1, 0.15) is 0 Å². The van der Waals surface area contributed by atoms with E-state index in [0.29, 0.717) is 6.04 Å². The molecular formula is C15H27N3O. The minimum absolute atomic E-state index is 0.495. The number of rotatable bonds is 7. The summed E-state index contributed by atoms with van der Waals surface area (Å²) in [5, 5.41) is 3.40. The Balaban J connectivity index is 1.82. The van der Waals surface area contributed by atoms with Crippen LogP contribution in [0, 0.1) is 0 Å². The number of aromatic nitrogens is 1. The fraction of sp³-hybridized carbons (Fsp3) is 0.733. The molecule has 1 fully saturated rings. The zero-order chi connectivity index (χ0) is 13.5. The zero-order valence-electron chi connectivity index (χ0n) is 12.3. The van der Waals surface area contributed by atoms with E-state index in [0.717, 1.165) is 39.4 Å². The first-order chi connectivity index (χ1) is 9.33. The second-order valence-electron chi connectivity index (χ2n) is 5.27. The Morgan fingerprint density at radius 3 is 2.79 bits per heavy atom. The van der Waals surface area contributed by atoms with Crippen LogP contribution in [0.5, 0.6) is 0 Å². The van der Waals surface area contributed by atoms with Crippen molar-refractivity contribution in [1.29, 1.82) is 0 Å². The number of nitrogens with one attached hydrogen (secondary N) is 1. The Kier molecular flexibility index (Phi) is 5.89. The van der Waals surface area contributed by atoms with Gasteiger partial charge >= 0.3 is 0 Å². The first-order valence-electron chi connectivity index (χ1n) is 7.46. The lowest BCUT2D eigenvalue weighted by atomic mass is 10.1. The maximum atomic E-state index is 5.37. The molecule has 19 heavy (non-hydrogen) atoms. The molecule has 1 aromatic rings. The molecule has 2 heterocycles. The van der Waals surface area contributed by atoms with Gasteiger partial charge in [-0.25, -0.2) is 0 Å². The predicted molar refractivity (Wildman–Crippen MR) is 78.4 cm³/mol. The molecule has 0 radical (unpaired) electrons. The van der Waals surface area contributed by atoms with Crippen LogP contribution in [0.1, 0.15) is 31.4 Å². The zero-order valence-corrected chi connectivity index (χ0v) is 12.3. The highest BCUT2D eigenvalue weighted by molar-refractivity contribution is 5.15. The third-order valence-electron chi connectivity index (χ3n) is 3.88. The Labute approximate surface area is 116 Å². The molecule has 0 spiro atoms. The van der Waals surface area contributed by atoms with Gasteiger partial charge in [0.2, 0.25) is 0 Å². The summed E-state index contributed by atoms with van der Waals surface area (Å²) >= 11 is 0. The molecule has 0 aliphatic carbocycles. The SMILES string of the molecule is CCCC(NC)c1ccn(CCN2CCOCC2)c1. The van der Waals surface area contributed by atoms with Gasteiger partial charge in [-0.05, 0) is 25.1 Å². The van der Waals surface area contributed by atoms with Crippen molar-refractivity contribution >= 4 is 0 Å². The number of ether oxygens (including phenoxy) is 1. The molecule has 0 aromatic carbocycles. The fourth-order valence-electron chi connectivity index (χ4n) is 2.65. The molecule has 1 saturated heterocycles. The van der Waals surface area contributed by atoms with Gasteiger partial charge in [0.15, 0.2) is 0 Å². The molecule has 1 aliphatic rings. The van der Waals surface area contributed by atoms with Crippen molar-refractivity contribution in [2.75, 3.05) is 39.9 Å². The van der Waals surface area contributed by atoms with Gasteiger partial charge in [0.25, 0.3) is 0 Å². The van der Waals surface area contributed by atoms with Crippen molar-refractivity contribution in [1.82, 2.24) is 14.8 Å². The summed E-state index contributed by atoms with van der Waals surface area (Å²) in [6, 6.07) is 2.74. The van der Waals surface area contributed by atoms with Crippen molar-refractivity contribution in [3.05, 3.63) is 24.0 Å². The van der Waals surface area contributed by atoms with E-state index in [4.69, 9.17) is 4.74 Å². The maximum Gasteiger partial charge on any atom is 0.0594 e. The van der Waals surface area contributed by atoms with Crippen molar-refractivity contribution < 1.29 is 4.74 Å². The smallest absolute Gasteiger partial charge is 0.0594 e. The highest BCUT2D eigenvalue weighted by Gasteiger charge is 2.11. The van der Waals surface area contributed by atoms with E-state index in [-0.39, 0.29) is 0 Å². The molecule has 1 aromatic heterocycles. The van der Waals surface area contributed by atoms with E-state index < -0.39 is 0 Å². The number of morpholine rings is 1. The highest BCUT2D eigenvalue weighted by Crippen LogP contribution is 2.18. The van der Waals surface area contributed by atoms with Crippen LogP contribution in [0.15, 0.2) is 18.5 Å². The molecule has 2 rings (SSSR count). The van der Waals surface area contributed by atoms with E-state index in [2.05, 4.69) is 40.2 Å². The molecule has 4 nitrogen and oxygen atoms in total. The molecule has 1 aliphatic heterocycles. The van der Waals surface area contributed by atoms with Crippen LogP contribution in [-0.2, 0) is 11.3 Å². The van der Waals surface area contributed by atoms with Crippen LogP contribution in [0.4, 0.5) is 0 Å². The number of nitrogens with zero attached hydrogens (tertiary/aromatic N) is 2. The van der Waals surface area contributed by atoms with Crippen LogP contribution in [0.2, 0.25) is 0 Å². The molecule has 0 bridgehead atoms. The van der Waals surface area contributed by atoms with E-state index in [1.54, 1.807) is 0 Å². The van der Waals surface area contributed by atoms with Gasteiger partial charge in [-0.15, -0.1) is 0 Å². The molecule has 108 valence electrons. The second kappa shape index (κ2) is 7.68. The summed E-state index contributed by atoms with van der Waals surface area (Å²) in [6.45, 7) is 8.34. The van der Waals surface area contributed by atoms with E-state index in [1.807, 2.05) is 7.05 Å². The summed E-state index contributed by atoms with van der Waals surface area (Å²) in [5.41, 5.74) is 1.41. The Morgan fingerprint density at radius 1 is 1.32 bits per heavy atom. The Morgan fingerprint density at radius 2 is 2.11 bits per heavy atom. The van der Waals surface area contributed by atoms with Crippen LogP contribution in [-0.4, -0.2) is 49.4 Å². The second-order valence-corrected chi connectivity index (χ2v) is 5.27. The molecule has 1 N–H and O–H groups in total. The van der Waals surface area contributed by atoms with Crippen molar-refractivity contribution in [2.45, 2.75) is 32.4 Å². The summed E-state index contributed by atoms with van der Waals surface area (Å²) in [4.78, 5) is 2.48. The maximum absolute atomic E-state index is 5.37. The Bertz CT molecular complexity index is 358. The number of hydrogen-bond acceptors (Lipinski definition) is 3. The standard InChI is InChI=1S/C15H27N3O/c1-3-4-15(16-2)14-5-6-18(13-14)8-7-17-9-11-19-12-10-17/h5-6,13,15-16H,3-4,7-12H2,1-2H3. The average molecular weight is 265 g/mol. The van der Waals surface area contributed by atoms with Crippen LogP contribution >= 0.6 is 0 Å². The van der Waals surface area contributed by atoms with E-state index in [9.17, 15) is 0 Å². The molecular weight excluding hydrogens is 238 g/mol. The van der Waals surface area contributed by atoms with Gasteiger partial charge in [-0.3, -0.25) is 4.90 Å². The molecule has 1 atom stereocenters. The van der Waals surface area contributed by atoms with Crippen LogP contribution in [0.25, 0.3) is 0 Å². The third-order valence-corrected chi connectivity index (χ3v) is 3.88. The first-order valence-corrected chi connectivity index (χ1v) is 7.46. The van der Waals surface area contributed by atoms with Crippen LogP contribution < -0.4 is 5.32 Å².